The summed E-state index contributed by atoms with van der Waals surface area (Å²) < 4.78 is 62.0. The van der Waals surface area contributed by atoms with Gasteiger partial charge in [-0.2, -0.15) is 18.4 Å². The number of nitrogens with zero attached hydrogens (tertiary/aromatic N) is 3. The van der Waals surface area contributed by atoms with Gasteiger partial charge in [-0.1, -0.05) is 103 Å². The van der Waals surface area contributed by atoms with Gasteiger partial charge >= 0.3 is 6.18 Å². The van der Waals surface area contributed by atoms with Gasteiger partial charge in [0.15, 0.2) is 11.2 Å². The molecule has 0 aliphatic carbocycles. The summed E-state index contributed by atoms with van der Waals surface area (Å²) in [5.74, 6) is 0. The van der Waals surface area contributed by atoms with Crippen LogP contribution in [0.2, 0.25) is 0 Å². The summed E-state index contributed by atoms with van der Waals surface area (Å²) in [5, 5.41) is 18.4. The van der Waals surface area contributed by atoms with E-state index in [0.29, 0.717) is 22.5 Å². The van der Waals surface area contributed by atoms with Crippen molar-refractivity contribution in [1.82, 2.24) is 9.13 Å². The van der Waals surface area contributed by atoms with Gasteiger partial charge < -0.3 is 18.0 Å². The van der Waals surface area contributed by atoms with Gasteiger partial charge in [0.05, 0.1) is 50.6 Å². The molecule has 0 aliphatic heterocycles. The van der Waals surface area contributed by atoms with E-state index in [9.17, 15) is 18.4 Å². The van der Waals surface area contributed by atoms with Crippen LogP contribution < -0.4 is 0 Å². The molecule has 0 bridgehead atoms. The molecular formula is C50H26F3N3O2. The second-order valence-corrected chi connectivity index (χ2v) is 14.6. The summed E-state index contributed by atoms with van der Waals surface area (Å²) in [7, 11) is 0. The molecule has 12 rings (SSSR count). The Bertz CT molecular complexity index is 3760. The molecule has 0 saturated heterocycles. The molecule has 0 radical (unpaired) electrons. The molecule has 0 fully saturated rings. The van der Waals surface area contributed by atoms with Crippen molar-refractivity contribution in [1.29, 1.82) is 5.26 Å². The van der Waals surface area contributed by atoms with E-state index >= 15 is 0 Å². The maximum absolute atomic E-state index is 14.8. The highest BCUT2D eigenvalue weighted by molar-refractivity contribution is 6.23. The molecule has 0 unspecified atom stereocenters. The van der Waals surface area contributed by atoms with E-state index in [0.717, 1.165) is 82.4 Å². The Morgan fingerprint density at radius 3 is 1.43 bits per heavy atom. The summed E-state index contributed by atoms with van der Waals surface area (Å²) in [5.41, 5.74) is 6.42. The van der Waals surface area contributed by atoms with Gasteiger partial charge in [0.25, 0.3) is 0 Å². The topological polar surface area (TPSA) is 59.9 Å². The molecule has 0 aliphatic rings. The van der Waals surface area contributed by atoms with Crippen LogP contribution in [-0.2, 0) is 6.18 Å². The summed E-state index contributed by atoms with van der Waals surface area (Å²) in [4.78, 5) is 0. The Labute approximate surface area is 326 Å². The molecule has 8 aromatic carbocycles. The number of hydrogen-bond donors (Lipinski definition) is 0. The van der Waals surface area contributed by atoms with E-state index in [1.54, 1.807) is 18.2 Å². The van der Waals surface area contributed by atoms with Crippen LogP contribution in [0.3, 0.4) is 0 Å². The SMILES string of the molecule is N#Cc1cc(-n2c3ccccc3c3ccc4c5ccccc5oc4c32)c(-n2c3ccccc3c3ccc4c5ccccc5oc4c32)cc1-c1ccccc1C(F)(F)F. The summed E-state index contributed by atoms with van der Waals surface area (Å²) in [6.45, 7) is 0. The number of nitriles is 1. The van der Waals surface area contributed by atoms with Crippen molar-refractivity contribution in [2.24, 2.45) is 0 Å². The molecule has 4 aromatic heterocycles. The minimum absolute atomic E-state index is 0.0871. The Kier molecular flexibility index (Phi) is 6.52. The van der Waals surface area contributed by atoms with E-state index in [2.05, 4.69) is 45.5 Å². The third kappa shape index (κ3) is 4.35. The standard InChI is InChI=1S/C50H26F3N3O2/c51-50(52,53)39-16-6-1-11-29(39)38-26-43(56-41-18-8-3-13-31(41)35-22-24-37-33-15-5-10-20-45(33)58-49(37)47(35)56)42(25-28(38)27-54)55-40-17-7-2-12-30(40)34-21-23-36-32-14-4-9-19-44(32)57-48(36)46(34)55/h1-26H. The first-order valence-corrected chi connectivity index (χ1v) is 18.8. The summed E-state index contributed by atoms with van der Waals surface area (Å²) >= 11 is 0. The number of halogens is 3. The molecule has 4 heterocycles. The third-order valence-corrected chi connectivity index (χ3v) is 11.6. The van der Waals surface area contributed by atoms with Gasteiger partial charge in [0, 0.05) is 48.7 Å². The van der Waals surface area contributed by atoms with Gasteiger partial charge in [0.2, 0.25) is 0 Å². The fourth-order valence-electron chi connectivity index (χ4n) is 9.18. The normalized spacial score (nSPS) is 12.4. The van der Waals surface area contributed by atoms with Crippen LogP contribution in [0.1, 0.15) is 11.1 Å². The average Bonchev–Trinajstić information content (AvgIpc) is 4.01. The van der Waals surface area contributed by atoms with Gasteiger partial charge in [-0.3, -0.25) is 0 Å². The van der Waals surface area contributed by atoms with Crippen molar-refractivity contribution in [3.05, 3.63) is 169 Å². The largest absolute Gasteiger partial charge is 0.454 e. The molecule has 58 heavy (non-hydrogen) atoms. The Morgan fingerprint density at radius 2 is 0.897 bits per heavy atom. The van der Waals surface area contributed by atoms with Crippen LogP contribution in [-0.4, -0.2) is 9.13 Å². The lowest BCUT2D eigenvalue weighted by Gasteiger charge is -2.21. The Balaban J connectivity index is 1.32. The van der Waals surface area contributed by atoms with E-state index in [1.165, 1.54) is 12.1 Å². The maximum Gasteiger partial charge on any atom is 0.417 e. The van der Waals surface area contributed by atoms with Crippen molar-refractivity contribution < 1.29 is 22.0 Å². The van der Waals surface area contributed by atoms with Crippen LogP contribution in [0.4, 0.5) is 13.2 Å². The predicted octanol–water partition coefficient (Wildman–Crippen LogP) is 14.2. The number of rotatable bonds is 3. The number of alkyl halides is 3. The second kappa shape index (κ2) is 11.6. The van der Waals surface area contributed by atoms with E-state index in [4.69, 9.17) is 8.83 Å². The van der Waals surface area contributed by atoms with Crippen LogP contribution in [0.5, 0.6) is 0 Å². The average molecular weight is 758 g/mol. The van der Waals surface area contributed by atoms with Crippen LogP contribution in [0.15, 0.2) is 167 Å². The van der Waals surface area contributed by atoms with Gasteiger partial charge in [0.1, 0.15) is 11.2 Å². The molecule has 0 spiro atoms. The predicted molar refractivity (Wildman–Crippen MR) is 225 cm³/mol. The zero-order chi connectivity index (χ0) is 38.9. The number of benzene rings is 8. The lowest BCUT2D eigenvalue weighted by Crippen LogP contribution is -2.09. The molecule has 274 valence electrons. The molecule has 0 atom stereocenters. The number of aromatic nitrogens is 2. The molecule has 0 amide bonds. The third-order valence-electron chi connectivity index (χ3n) is 11.6. The molecule has 0 N–H and O–H groups in total. The highest BCUT2D eigenvalue weighted by Crippen LogP contribution is 2.47. The van der Waals surface area contributed by atoms with Crippen LogP contribution >= 0.6 is 0 Å². The van der Waals surface area contributed by atoms with E-state index < -0.39 is 11.7 Å². The number of furan rings is 2. The van der Waals surface area contributed by atoms with E-state index in [-0.39, 0.29) is 16.7 Å². The molecular weight excluding hydrogens is 732 g/mol. The highest BCUT2D eigenvalue weighted by atomic mass is 19.4. The zero-order valence-corrected chi connectivity index (χ0v) is 30.3. The monoisotopic (exact) mass is 757 g/mol. The molecule has 5 nitrogen and oxygen atoms in total. The van der Waals surface area contributed by atoms with Crippen molar-refractivity contribution in [3.63, 3.8) is 0 Å². The minimum atomic E-state index is -4.67. The summed E-state index contributed by atoms with van der Waals surface area (Å²) in [6, 6.07) is 51.3. The maximum atomic E-state index is 14.8. The van der Waals surface area contributed by atoms with Crippen LogP contribution in [0.25, 0.3) is 110 Å². The van der Waals surface area contributed by atoms with Crippen LogP contribution in [0, 0.1) is 11.3 Å². The quantitative estimate of drug-likeness (QED) is 0.180. The molecule has 0 saturated carbocycles. The molecule has 12 aromatic rings. The lowest BCUT2D eigenvalue weighted by atomic mass is 9.94. The van der Waals surface area contributed by atoms with Crippen molar-refractivity contribution >= 4 is 87.5 Å². The first kappa shape index (κ1) is 32.5. The Morgan fingerprint density at radius 1 is 0.448 bits per heavy atom. The number of hydrogen-bond acceptors (Lipinski definition) is 3. The van der Waals surface area contributed by atoms with Gasteiger partial charge in [-0.05, 0) is 60.2 Å². The second-order valence-electron chi connectivity index (χ2n) is 14.6. The lowest BCUT2D eigenvalue weighted by molar-refractivity contribution is -0.137. The van der Waals surface area contributed by atoms with Gasteiger partial charge in [-0.25, -0.2) is 0 Å². The minimum Gasteiger partial charge on any atom is -0.454 e. The molecule has 8 heteroatoms. The first-order valence-electron chi connectivity index (χ1n) is 18.8. The fourth-order valence-corrected chi connectivity index (χ4v) is 9.18. The van der Waals surface area contributed by atoms with Gasteiger partial charge in [-0.15, -0.1) is 0 Å². The fraction of sp³-hybridized carbons (Fsp3) is 0.0200. The smallest absolute Gasteiger partial charge is 0.417 e. The van der Waals surface area contributed by atoms with Crippen molar-refractivity contribution in [2.75, 3.05) is 0 Å². The highest BCUT2D eigenvalue weighted by Gasteiger charge is 2.35. The van der Waals surface area contributed by atoms with Crippen molar-refractivity contribution in [2.45, 2.75) is 6.18 Å². The zero-order valence-electron chi connectivity index (χ0n) is 30.3. The summed E-state index contributed by atoms with van der Waals surface area (Å²) in [6.07, 6.45) is -4.67. The first-order chi connectivity index (χ1) is 28.4. The Hall–Kier alpha value is -7.76. The van der Waals surface area contributed by atoms with E-state index in [1.807, 2.05) is 91.0 Å². The number of fused-ring (bicyclic) bond motifs is 14. The number of para-hydroxylation sites is 4. The van der Waals surface area contributed by atoms with Crippen molar-refractivity contribution in [3.8, 4) is 28.6 Å².